The van der Waals surface area contributed by atoms with Gasteiger partial charge in [0, 0.05) is 5.02 Å². The minimum Gasteiger partial charge on any atom is -0.489 e. The van der Waals surface area contributed by atoms with E-state index >= 15 is 0 Å². The van der Waals surface area contributed by atoms with E-state index in [-0.39, 0.29) is 24.3 Å². The number of benzene rings is 2. The third-order valence-electron chi connectivity index (χ3n) is 4.56. The summed E-state index contributed by atoms with van der Waals surface area (Å²) in [5, 5.41) is 1.05. The lowest BCUT2D eigenvalue weighted by molar-refractivity contribution is -0.221. The van der Waals surface area contributed by atoms with Crippen molar-refractivity contribution in [1.29, 1.82) is 0 Å². The normalized spacial score (nSPS) is 21.0. The summed E-state index contributed by atoms with van der Waals surface area (Å²) >= 11 is 12.0. The number of hydrogen-bond donors (Lipinski definition) is 0. The molecule has 0 N–H and O–H groups in total. The summed E-state index contributed by atoms with van der Waals surface area (Å²) in [6, 6.07) is 11.6. The van der Waals surface area contributed by atoms with E-state index in [9.17, 15) is 4.39 Å². The quantitative estimate of drug-likeness (QED) is 0.514. The minimum atomic E-state index is -0.303. The van der Waals surface area contributed by atoms with Gasteiger partial charge in [-0.1, -0.05) is 42.3 Å². The molecule has 3 rings (SSSR count). The maximum Gasteiger partial charge on any atom is 0.158 e. The van der Waals surface area contributed by atoms with Gasteiger partial charge >= 0.3 is 0 Å². The molecular weight excluding hydrogens is 390 g/mol. The number of hydrogen-bond acceptors (Lipinski definition) is 3. The van der Waals surface area contributed by atoms with E-state index < -0.39 is 0 Å². The monoisotopic (exact) mass is 412 g/mol. The highest BCUT2D eigenvalue weighted by Gasteiger charge is 2.26. The molecule has 2 aromatic rings. The van der Waals surface area contributed by atoms with Gasteiger partial charge in [-0.05, 0) is 61.6 Å². The molecule has 146 valence electrons. The van der Waals surface area contributed by atoms with Crippen LogP contribution in [0.2, 0.25) is 10.0 Å². The maximum atomic E-state index is 13.1. The van der Waals surface area contributed by atoms with Crippen molar-refractivity contribution in [1.82, 2.24) is 0 Å². The summed E-state index contributed by atoms with van der Waals surface area (Å²) in [6.07, 6.45) is 3.01. The molecule has 1 saturated heterocycles. The Morgan fingerprint density at radius 1 is 1.15 bits per heavy atom. The number of rotatable bonds is 7. The van der Waals surface area contributed by atoms with Crippen molar-refractivity contribution in [2.24, 2.45) is 0 Å². The van der Waals surface area contributed by atoms with Gasteiger partial charge in [0.25, 0.3) is 0 Å². The maximum absolute atomic E-state index is 13.1. The molecule has 0 radical (unpaired) electrons. The van der Waals surface area contributed by atoms with Crippen LogP contribution in [0.15, 0.2) is 42.5 Å². The largest absolute Gasteiger partial charge is 0.489 e. The van der Waals surface area contributed by atoms with E-state index in [1.165, 1.54) is 12.1 Å². The van der Waals surface area contributed by atoms with Crippen molar-refractivity contribution >= 4 is 23.2 Å². The zero-order chi connectivity index (χ0) is 19.2. The second-order valence-electron chi connectivity index (χ2n) is 6.59. The van der Waals surface area contributed by atoms with Gasteiger partial charge in [-0.25, -0.2) is 4.39 Å². The summed E-state index contributed by atoms with van der Waals surface area (Å²) in [7, 11) is 0. The molecule has 3 atom stereocenters. The Morgan fingerprint density at radius 2 is 1.93 bits per heavy atom. The molecule has 2 aromatic carbocycles. The van der Waals surface area contributed by atoms with Crippen molar-refractivity contribution in [3.8, 4) is 5.75 Å². The summed E-state index contributed by atoms with van der Waals surface area (Å²) in [4.78, 5) is 0. The van der Waals surface area contributed by atoms with Gasteiger partial charge in [0.05, 0.1) is 17.2 Å². The predicted octanol–water partition coefficient (Wildman–Crippen LogP) is 6.57. The van der Waals surface area contributed by atoms with Gasteiger partial charge in [0.2, 0.25) is 0 Å². The molecule has 0 aliphatic carbocycles. The lowest BCUT2D eigenvalue weighted by Crippen LogP contribution is -2.34. The van der Waals surface area contributed by atoms with Crippen molar-refractivity contribution in [3.63, 3.8) is 0 Å². The summed E-state index contributed by atoms with van der Waals surface area (Å²) < 4.78 is 31.1. The van der Waals surface area contributed by atoms with Crippen LogP contribution >= 0.6 is 23.2 Å². The van der Waals surface area contributed by atoms with Crippen LogP contribution < -0.4 is 4.74 Å². The molecule has 0 spiro atoms. The van der Waals surface area contributed by atoms with E-state index in [1.807, 2.05) is 6.92 Å². The fourth-order valence-electron chi connectivity index (χ4n) is 3.13. The highest BCUT2D eigenvalue weighted by Crippen LogP contribution is 2.30. The van der Waals surface area contributed by atoms with E-state index in [0.717, 1.165) is 31.2 Å². The smallest absolute Gasteiger partial charge is 0.158 e. The molecule has 0 saturated carbocycles. The van der Waals surface area contributed by atoms with Crippen molar-refractivity contribution in [2.45, 2.75) is 51.1 Å². The SMILES string of the molecule is CCC(OC1CCCC(COc2ccc(Cl)cc2Cl)O1)c1ccc(F)cc1. The van der Waals surface area contributed by atoms with Gasteiger partial charge < -0.3 is 14.2 Å². The zero-order valence-corrected chi connectivity index (χ0v) is 16.7. The number of ether oxygens (including phenoxy) is 3. The molecule has 0 bridgehead atoms. The van der Waals surface area contributed by atoms with Crippen LogP contribution in [-0.2, 0) is 9.47 Å². The molecule has 1 heterocycles. The van der Waals surface area contributed by atoms with Crippen LogP contribution in [0.5, 0.6) is 5.75 Å². The molecule has 0 amide bonds. The van der Waals surface area contributed by atoms with E-state index in [2.05, 4.69) is 0 Å². The minimum absolute atomic E-state index is 0.0683. The Hall–Kier alpha value is -1.33. The second-order valence-corrected chi connectivity index (χ2v) is 7.43. The van der Waals surface area contributed by atoms with E-state index in [1.54, 1.807) is 30.3 Å². The third kappa shape index (κ3) is 5.82. The van der Waals surface area contributed by atoms with Gasteiger partial charge in [0.1, 0.15) is 18.2 Å². The lowest BCUT2D eigenvalue weighted by Gasteiger charge is -2.32. The highest BCUT2D eigenvalue weighted by molar-refractivity contribution is 6.35. The van der Waals surface area contributed by atoms with E-state index in [0.29, 0.717) is 22.4 Å². The van der Waals surface area contributed by atoms with Crippen LogP contribution in [0.25, 0.3) is 0 Å². The zero-order valence-electron chi connectivity index (χ0n) is 15.2. The predicted molar refractivity (Wildman–Crippen MR) is 105 cm³/mol. The first kappa shape index (κ1) is 20.4. The van der Waals surface area contributed by atoms with Gasteiger partial charge in [-0.3, -0.25) is 0 Å². The molecular formula is C21H23Cl2FO3. The Balaban J connectivity index is 1.54. The fraction of sp³-hybridized carbons (Fsp3) is 0.429. The Bertz CT molecular complexity index is 739. The Morgan fingerprint density at radius 3 is 2.63 bits per heavy atom. The van der Waals surface area contributed by atoms with Crippen molar-refractivity contribution in [3.05, 3.63) is 63.9 Å². The average Bonchev–Trinajstić information content (AvgIpc) is 2.66. The van der Waals surface area contributed by atoms with Crippen LogP contribution in [0.3, 0.4) is 0 Å². The van der Waals surface area contributed by atoms with E-state index in [4.69, 9.17) is 37.4 Å². The molecule has 6 heteroatoms. The van der Waals surface area contributed by atoms with Crippen LogP contribution in [0.4, 0.5) is 4.39 Å². The fourth-order valence-corrected chi connectivity index (χ4v) is 3.59. The highest BCUT2D eigenvalue weighted by atomic mass is 35.5. The van der Waals surface area contributed by atoms with Crippen molar-refractivity contribution < 1.29 is 18.6 Å². The molecule has 0 aromatic heterocycles. The number of halogens is 3. The molecule has 1 aliphatic heterocycles. The van der Waals surface area contributed by atoms with Crippen LogP contribution in [-0.4, -0.2) is 19.0 Å². The molecule has 3 nitrogen and oxygen atoms in total. The molecule has 1 aliphatic rings. The van der Waals surface area contributed by atoms with Gasteiger partial charge in [0.15, 0.2) is 6.29 Å². The Kier molecular flexibility index (Phi) is 7.36. The molecule has 27 heavy (non-hydrogen) atoms. The van der Waals surface area contributed by atoms with Crippen LogP contribution in [0.1, 0.15) is 44.3 Å². The van der Waals surface area contributed by atoms with Gasteiger partial charge in [-0.2, -0.15) is 0 Å². The van der Waals surface area contributed by atoms with Crippen LogP contribution in [0, 0.1) is 5.82 Å². The van der Waals surface area contributed by atoms with Crippen molar-refractivity contribution in [2.75, 3.05) is 6.61 Å². The first-order valence-electron chi connectivity index (χ1n) is 9.19. The third-order valence-corrected chi connectivity index (χ3v) is 5.09. The second kappa shape index (κ2) is 9.74. The summed E-state index contributed by atoms with van der Waals surface area (Å²) in [5.41, 5.74) is 0.953. The first-order valence-corrected chi connectivity index (χ1v) is 9.95. The standard InChI is InChI=1S/C21H23Cl2FO3/c1-2-19(14-6-9-16(24)10-7-14)27-21-5-3-4-17(26-21)13-25-20-11-8-15(22)12-18(20)23/h6-12,17,19,21H,2-5,13H2,1H3. The summed E-state index contributed by atoms with van der Waals surface area (Å²) in [5.74, 6) is 0.339. The lowest BCUT2D eigenvalue weighted by atomic mass is 10.1. The Labute approximate surface area is 169 Å². The molecule has 1 fully saturated rings. The summed E-state index contributed by atoms with van der Waals surface area (Å²) in [6.45, 7) is 2.44. The topological polar surface area (TPSA) is 27.7 Å². The first-order chi connectivity index (χ1) is 13.0. The average molecular weight is 413 g/mol. The molecule has 3 unspecified atom stereocenters. The van der Waals surface area contributed by atoms with Gasteiger partial charge in [-0.15, -0.1) is 0 Å².